The van der Waals surface area contributed by atoms with Gasteiger partial charge in [-0.15, -0.1) is 0 Å². The molecule has 0 unspecified atom stereocenters. The topological polar surface area (TPSA) is 49.4 Å². The number of benzene rings is 1. The first kappa shape index (κ1) is 15.3. The normalized spacial score (nSPS) is 15.7. The highest BCUT2D eigenvalue weighted by Crippen LogP contribution is 2.29. The number of hydrogen-bond donors (Lipinski definition) is 1. The van der Waals surface area contributed by atoms with Gasteiger partial charge in [0.05, 0.1) is 5.56 Å². The highest BCUT2D eigenvalue weighted by Gasteiger charge is 2.30. The molecule has 1 aliphatic heterocycles. The van der Waals surface area contributed by atoms with E-state index >= 15 is 0 Å². The van der Waals surface area contributed by atoms with Gasteiger partial charge in [-0.3, -0.25) is 9.59 Å². The number of carbonyl (C=O) groups excluding carboxylic acids is 2. The molecule has 0 saturated carbocycles. The van der Waals surface area contributed by atoms with Crippen molar-refractivity contribution < 1.29 is 22.8 Å². The number of hydrogen-bond acceptors (Lipinski definition) is 2. The number of nitrogens with zero attached hydrogens (tertiary/aromatic N) is 1. The lowest BCUT2D eigenvalue weighted by atomic mass is 10.1. The maximum atomic E-state index is 12.4. The molecule has 1 N–H and O–H groups in total. The van der Waals surface area contributed by atoms with E-state index < -0.39 is 23.6 Å². The summed E-state index contributed by atoms with van der Waals surface area (Å²) < 4.78 is 37.2. The first-order chi connectivity index (χ1) is 9.88. The lowest BCUT2D eigenvalue weighted by Gasteiger charge is -2.25. The highest BCUT2D eigenvalue weighted by molar-refractivity contribution is 6.39. The third-order valence-corrected chi connectivity index (χ3v) is 3.31. The molecule has 1 aliphatic rings. The molecule has 1 aromatic rings. The van der Waals surface area contributed by atoms with Crippen LogP contribution < -0.4 is 5.32 Å². The van der Waals surface area contributed by atoms with Crippen molar-refractivity contribution in [3.63, 3.8) is 0 Å². The number of carbonyl (C=O) groups is 2. The quantitative estimate of drug-likeness (QED) is 0.811. The van der Waals surface area contributed by atoms with Crippen LogP contribution in [0.1, 0.15) is 24.8 Å². The minimum atomic E-state index is -4.42. The van der Waals surface area contributed by atoms with E-state index in [9.17, 15) is 22.8 Å². The van der Waals surface area contributed by atoms with E-state index in [4.69, 9.17) is 0 Å². The van der Waals surface area contributed by atoms with Crippen molar-refractivity contribution in [2.45, 2.75) is 25.4 Å². The summed E-state index contributed by atoms with van der Waals surface area (Å²) in [6.45, 7) is 1.08. The van der Waals surface area contributed by atoms with Crippen molar-refractivity contribution in [2.75, 3.05) is 18.4 Å². The lowest BCUT2D eigenvalue weighted by Crippen LogP contribution is -2.42. The van der Waals surface area contributed by atoms with Crippen LogP contribution in [0.5, 0.6) is 0 Å². The van der Waals surface area contributed by atoms with Crippen molar-refractivity contribution >= 4 is 17.5 Å². The van der Waals surface area contributed by atoms with Crippen LogP contribution in [0.25, 0.3) is 0 Å². The van der Waals surface area contributed by atoms with E-state index in [0.717, 1.165) is 43.5 Å². The van der Waals surface area contributed by atoms with Crippen LogP contribution in [0.4, 0.5) is 18.9 Å². The van der Waals surface area contributed by atoms with Crippen molar-refractivity contribution in [3.05, 3.63) is 29.8 Å². The first-order valence-electron chi connectivity index (χ1n) is 6.65. The molecule has 21 heavy (non-hydrogen) atoms. The molecule has 4 nitrogen and oxygen atoms in total. The fourth-order valence-electron chi connectivity index (χ4n) is 2.17. The number of rotatable bonds is 1. The van der Waals surface area contributed by atoms with E-state index in [-0.39, 0.29) is 5.69 Å². The summed E-state index contributed by atoms with van der Waals surface area (Å²) in [7, 11) is 0. The molecule has 0 aliphatic carbocycles. The van der Waals surface area contributed by atoms with E-state index in [0.29, 0.717) is 13.1 Å². The molecule has 7 heteroatoms. The van der Waals surface area contributed by atoms with Crippen LogP contribution in [-0.4, -0.2) is 29.8 Å². The molecule has 0 atom stereocenters. The Morgan fingerprint density at radius 1 is 1.00 bits per heavy atom. The second-order valence-corrected chi connectivity index (χ2v) is 4.88. The molecule has 2 rings (SSSR count). The molecule has 1 saturated heterocycles. The van der Waals surface area contributed by atoms with Crippen LogP contribution in [0.2, 0.25) is 0 Å². The highest BCUT2D eigenvalue weighted by atomic mass is 19.4. The summed E-state index contributed by atoms with van der Waals surface area (Å²) in [6.07, 6.45) is -1.67. The second-order valence-electron chi connectivity index (χ2n) is 4.88. The van der Waals surface area contributed by atoms with Gasteiger partial charge in [0.2, 0.25) is 0 Å². The van der Waals surface area contributed by atoms with Crippen molar-refractivity contribution in [2.24, 2.45) is 0 Å². The number of alkyl halides is 3. The van der Waals surface area contributed by atoms with Gasteiger partial charge in [0.15, 0.2) is 0 Å². The minimum Gasteiger partial charge on any atom is -0.334 e. The summed E-state index contributed by atoms with van der Waals surface area (Å²) >= 11 is 0. The van der Waals surface area contributed by atoms with E-state index in [1.807, 2.05) is 0 Å². The fourth-order valence-corrected chi connectivity index (χ4v) is 2.17. The molecule has 0 radical (unpaired) electrons. The summed E-state index contributed by atoms with van der Waals surface area (Å²) in [5, 5.41) is 2.32. The van der Waals surface area contributed by atoms with Gasteiger partial charge in [-0.1, -0.05) is 0 Å². The van der Waals surface area contributed by atoms with Gasteiger partial charge in [0.1, 0.15) is 0 Å². The number of amides is 2. The minimum absolute atomic E-state index is 0.165. The smallest absolute Gasteiger partial charge is 0.334 e. The Morgan fingerprint density at radius 2 is 1.57 bits per heavy atom. The van der Waals surface area contributed by atoms with Crippen LogP contribution in [0.3, 0.4) is 0 Å². The van der Waals surface area contributed by atoms with Crippen LogP contribution >= 0.6 is 0 Å². The monoisotopic (exact) mass is 300 g/mol. The molecule has 2 amide bonds. The Balaban J connectivity index is 1.97. The number of halogens is 3. The van der Waals surface area contributed by atoms with Gasteiger partial charge >= 0.3 is 18.0 Å². The third kappa shape index (κ3) is 3.96. The van der Waals surface area contributed by atoms with Crippen LogP contribution in [-0.2, 0) is 15.8 Å². The maximum Gasteiger partial charge on any atom is 0.416 e. The Bertz CT molecular complexity index is 520. The van der Waals surface area contributed by atoms with Gasteiger partial charge in [0, 0.05) is 18.8 Å². The Kier molecular flexibility index (Phi) is 4.50. The maximum absolute atomic E-state index is 12.4. The molecule has 1 heterocycles. The van der Waals surface area contributed by atoms with Crippen molar-refractivity contribution in [1.82, 2.24) is 4.90 Å². The number of likely N-dealkylation sites (tertiary alicyclic amines) is 1. The van der Waals surface area contributed by atoms with Crippen LogP contribution in [0, 0.1) is 0 Å². The SMILES string of the molecule is O=C(Nc1ccc(C(F)(F)F)cc1)C(=O)N1CCCCC1. The number of nitrogens with one attached hydrogen (secondary N) is 1. The lowest BCUT2D eigenvalue weighted by molar-refractivity contribution is -0.143. The molecule has 114 valence electrons. The Labute approximate surface area is 119 Å². The summed E-state index contributed by atoms with van der Waals surface area (Å²) in [5.41, 5.74) is -0.638. The molecule has 0 aromatic heterocycles. The molecular weight excluding hydrogens is 285 g/mol. The largest absolute Gasteiger partial charge is 0.416 e. The zero-order valence-corrected chi connectivity index (χ0v) is 11.2. The van der Waals surface area contributed by atoms with E-state index in [1.54, 1.807) is 0 Å². The molecule has 1 aromatic carbocycles. The van der Waals surface area contributed by atoms with E-state index in [2.05, 4.69) is 5.32 Å². The van der Waals surface area contributed by atoms with Gasteiger partial charge in [-0.05, 0) is 43.5 Å². The summed E-state index contributed by atoms with van der Waals surface area (Å²) in [6, 6.07) is 3.98. The van der Waals surface area contributed by atoms with Gasteiger partial charge in [0.25, 0.3) is 0 Å². The standard InChI is InChI=1S/C14H15F3N2O2/c15-14(16,17)10-4-6-11(7-5-10)18-12(20)13(21)19-8-2-1-3-9-19/h4-7H,1-3,8-9H2,(H,18,20). The average molecular weight is 300 g/mol. The van der Waals surface area contributed by atoms with E-state index in [1.165, 1.54) is 4.90 Å². The number of piperidine rings is 1. The molecular formula is C14H15F3N2O2. The Hall–Kier alpha value is -2.05. The predicted molar refractivity (Wildman–Crippen MR) is 70.5 cm³/mol. The van der Waals surface area contributed by atoms with Gasteiger partial charge in [-0.25, -0.2) is 0 Å². The average Bonchev–Trinajstić information content (AvgIpc) is 2.47. The summed E-state index contributed by atoms with van der Waals surface area (Å²) in [5.74, 6) is -1.47. The van der Waals surface area contributed by atoms with Crippen molar-refractivity contribution in [1.29, 1.82) is 0 Å². The second kappa shape index (κ2) is 6.15. The zero-order chi connectivity index (χ0) is 15.5. The van der Waals surface area contributed by atoms with Crippen LogP contribution in [0.15, 0.2) is 24.3 Å². The van der Waals surface area contributed by atoms with Gasteiger partial charge in [-0.2, -0.15) is 13.2 Å². The fraction of sp³-hybridized carbons (Fsp3) is 0.429. The van der Waals surface area contributed by atoms with Crippen molar-refractivity contribution in [3.8, 4) is 0 Å². The van der Waals surface area contributed by atoms with Gasteiger partial charge < -0.3 is 10.2 Å². The number of anilines is 1. The first-order valence-corrected chi connectivity index (χ1v) is 6.65. The molecule has 1 fully saturated rings. The summed E-state index contributed by atoms with van der Waals surface area (Å²) in [4.78, 5) is 25.1. The predicted octanol–water partition coefficient (Wildman–Crippen LogP) is 2.66. The molecule has 0 bridgehead atoms. The third-order valence-electron chi connectivity index (χ3n) is 3.31. The molecule has 0 spiro atoms. The Morgan fingerprint density at radius 3 is 2.10 bits per heavy atom. The zero-order valence-electron chi connectivity index (χ0n) is 11.2.